The highest BCUT2D eigenvalue weighted by Crippen LogP contribution is 2.61. The van der Waals surface area contributed by atoms with Crippen LogP contribution >= 0.6 is 0 Å². The van der Waals surface area contributed by atoms with E-state index >= 15 is 0 Å². The highest BCUT2D eigenvalue weighted by atomic mass is 19.1. The van der Waals surface area contributed by atoms with Crippen LogP contribution in [-0.2, 0) is 10.2 Å². The fourth-order valence-electron chi connectivity index (χ4n) is 2.94. The lowest BCUT2D eigenvalue weighted by Crippen LogP contribution is -2.31. The van der Waals surface area contributed by atoms with Crippen LogP contribution < -0.4 is 10.6 Å². The number of likely N-dealkylation sites (N-methyl/N-ethyl adjacent to an activating group) is 1. The monoisotopic (exact) mass is 220 g/mol. The summed E-state index contributed by atoms with van der Waals surface area (Å²) in [5.74, 6) is -0.165. The molecule has 3 rings (SSSR count). The minimum Gasteiger partial charge on any atom is -0.330 e. The van der Waals surface area contributed by atoms with Crippen LogP contribution in [0.1, 0.15) is 12.0 Å². The number of nitrogens with two attached hydrogens (primary N) is 1. The van der Waals surface area contributed by atoms with Crippen LogP contribution in [0.3, 0.4) is 0 Å². The Labute approximate surface area is 93.0 Å². The molecule has 2 atom stereocenters. The first-order chi connectivity index (χ1) is 7.63. The zero-order valence-corrected chi connectivity index (χ0v) is 9.03. The Morgan fingerprint density at radius 2 is 2.38 bits per heavy atom. The van der Waals surface area contributed by atoms with Crippen molar-refractivity contribution in [3.05, 3.63) is 29.6 Å². The van der Waals surface area contributed by atoms with Crippen molar-refractivity contribution in [3.63, 3.8) is 0 Å². The molecule has 1 aliphatic heterocycles. The number of carbonyl (C=O) groups is 1. The molecule has 0 radical (unpaired) electrons. The first-order valence-corrected chi connectivity index (χ1v) is 5.40. The lowest BCUT2D eigenvalue weighted by Gasteiger charge is -2.10. The van der Waals surface area contributed by atoms with Crippen LogP contribution in [0.25, 0.3) is 0 Å². The molecule has 1 aromatic carbocycles. The average molecular weight is 220 g/mol. The van der Waals surface area contributed by atoms with Gasteiger partial charge in [0.15, 0.2) is 0 Å². The first-order valence-electron chi connectivity index (χ1n) is 5.40. The topological polar surface area (TPSA) is 46.3 Å². The summed E-state index contributed by atoms with van der Waals surface area (Å²) in [6, 6.07) is 4.89. The maximum atomic E-state index is 13.7. The number of hydrogen-bond donors (Lipinski definition) is 1. The summed E-state index contributed by atoms with van der Waals surface area (Å²) < 4.78 is 13.7. The van der Waals surface area contributed by atoms with Gasteiger partial charge in [-0.15, -0.1) is 0 Å². The van der Waals surface area contributed by atoms with Gasteiger partial charge in [0, 0.05) is 7.05 Å². The van der Waals surface area contributed by atoms with Crippen molar-refractivity contribution in [2.75, 3.05) is 18.5 Å². The molecule has 1 aliphatic carbocycles. The number of anilines is 1. The molecule has 1 heterocycles. The maximum absolute atomic E-state index is 13.7. The Balaban J connectivity index is 2.21. The van der Waals surface area contributed by atoms with E-state index in [9.17, 15) is 9.18 Å². The fourth-order valence-corrected chi connectivity index (χ4v) is 2.94. The van der Waals surface area contributed by atoms with Crippen molar-refractivity contribution in [3.8, 4) is 0 Å². The molecule has 2 aliphatic rings. The Morgan fingerprint density at radius 1 is 1.62 bits per heavy atom. The highest BCUT2D eigenvalue weighted by Gasteiger charge is 2.65. The Hall–Kier alpha value is -1.42. The molecule has 0 aromatic heterocycles. The van der Waals surface area contributed by atoms with Crippen molar-refractivity contribution in [1.29, 1.82) is 0 Å². The summed E-state index contributed by atoms with van der Waals surface area (Å²) in [6.45, 7) is 0.482. The van der Waals surface area contributed by atoms with Crippen LogP contribution in [0.15, 0.2) is 18.2 Å². The third-order valence-corrected chi connectivity index (χ3v) is 3.88. The number of hydrogen-bond acceptors (Lipinski definition) is 2. The van der Waals surface area contributed by atoms with Crippen molar-refractivity contribution >= 4 is 11.6 Å². The average Bonchev–Trinajstić information content (AvgIpc) is 2.97. The van der Waals surface area contributed by atoms with Crippen molar-refractivity contribution < 1.29 is 9.18 Å². The van der Waals surface area contributed by atoms with E-state index in [1.165, 1.54) is 11.0 Å². The van der Waals surface area contributed by atoms with Gasteiger partial charge in [-0.1, -0.05) is 12.1 Å². The molecule has 3 nitrogen and oxygen atoms in total. The molecule has 4 heteroatoms. The third-order valence-electron chi connectivity index (χ3n) is 3.88. The number of benzene rings is 1. The van der Waals surface area contributed by atoms with E-state index < -0.39 is 5.41 Å². The predicted molar refractivity (Wildman–Crippen MR) is 58.6 cm³/mol. The number of nitrogens with zero attached hydrogens (tertiary/aromatic N) is 1. The van der Waals surface area contributed by atoms with Gasteiger partial charge in [0.25, 0.3) is 0 Å². The van der Waals surface area contributed by atoms with Gasteiger partial charge >= 0.3 is 0 Å². The normalized spacial score (nSPS) is 31.1. The number of fused-ring (bicyclic) bond motifs is 2. The fraction of sp³-hybridized carbons (Fsp3) is 0.417. The zero-order chi connectivity index (χ0) is 11.5. The van der Waals surface area contributed by atoms with Crippen molar-refractivity contribution in [2.45, 2.75) is 11.8 Å². The minimum absolute atomic E-state index is 0.0111. The van der Waals surface area contributed by atoms with E-state index in [-0.39, 0.29) is 17.6 Å². The second kappa shape index (κ2) is 2.83. The second-order valence-corrected chi connectivity index (χ2v) is 4.61. The number of carbonyl (C=O) groups excluding carboxylic acids is 1. The van der Waals surface area contributed by atoms with Crippen LogP contribution in [0.5, 0.6) is 0 Å². The van der Waals surface area contributed by atoms with Gasteiger partial charge in [-0.25, -0.2) is 4.39 Å². The third kappa shape index (κ3) is 0.888. The summed E-state index contributed by atoms with van der Waals surface area (Å²) in [6.07, 6.45) is 0.753. The largest absolute Gasteiger partial charge is 0.330 e. The molecule has 2 unspecified atom stereocenters. The minimum atomic E-state index is -0.513. The molecule has 1 fully saturated rings. The Bertz CT molecular complexity index is 488. The van der Waals surface area contributed by atoms with Gasteiger partial charge in [-0.3, -0.25) is 4.79 Å². The molecular weight excluding hydrogens is 207 g/mol. The lowest BCUT2D eigenvalue weighted by atomic mass is 9.95. The lowest BCUT2D eigenvalue weighted by molar-refractivity contribution is -0.120. The number of amides is 1. The molecule has 1 saturated carbocycles. The van der Waals surface area contributed by atoms with E-state index in [0.29, 0.717) is 12.2 Å². The predicted octanol–water partition coefficient (Wildman–Crippen LogP) is 1.02. The second-order valence-electron chi connectivity index (χ2n) is 4.61. The highest BCUT2D eigenvalue weighted by molar-refractivity contribution is 6.10. The SMILES string of the molecule is CN1C(=O)C2(CC2CN)c2cccc(F)c21. The molecular formula is C12H13FN2O. The van der Waals surface area contributed by atoms with Crippen LogP contribution in [0.2, 0.25) is 0 Å². The molecule has 16 heavy (non-hydrogen) atoms. The summed E-state index contributed by atoms with van der Waals surface area (Å²) in [5.41, 5.74) is 6.36. The van der Waals surface area contributed by atoms with E-state index in [1.54, 1.807) is 13.1 Å². The van der Waals surface area contributed by atoms with E-state index in [4.69, 9.17) is 5.73 Å². The molecule has 1 aromatic rings. The number of rotatable bonds is 1. The van der Waals surface area contributed by atoms with Crippen LogP contribution in [-0.4, -0.2) is 19.5 Å². The van der Waals surface area contributed by atoms with Gasteiger partial charge in [0.2, 0.25) is 5.91 Å². The first kappa shape index (κ1) is 9.78. The van der Waals surface area contributed by atoms with Crippen LogP contribution in [0, 0.1) is 11.7 Å². The summed E-state index contributed by atoms with van der Waals surface area (Å²) in [4.78, 5) is 13.6. The van der Waals surface area contributed by atoms with E-state index in [1.807, 2.05) is 6.07 Å². The summed E-state index contributed by atoms with van der Waals surface area (Å²) in [5, 5.41) is 0. The Kier molecular flexibility index (Phi) is 1.73. The zero-order valence-electron chi connectivity index (χ0n) is 9.03. The summed E-state index contributed by atoms with van der Waals surface area (Å²) in [7, 11) is 1.63. The number of halogens is 1. The molecule has 2 N–H and O–H groups in total. The van der Waals surface area contributed by atoms with Gasteiger partial charge in [0.1, 0.15) is 5.82 Å². The van der Waals surface area contributed by atoms with E-state index in [0.717, 1.165) is 12.0 Å². The quantitative estimate of drug-likeness (QED) is 0.768. The molecule has 0 bridgehead atoms. The van der Waals surface area contributed by atoms with Crippen LogP contribution in [0.4, 0.5) is 10.1 Å². The molecule has 84 valence electrons. The van der Waals surface area contributed by atoms with Gasteiger partial charge < -0.3 is 10.6 Å². The van der Waals surface area contributed by atoms with Gasteiger partial charge in [-0.05, 0) is 30.5 Å². The standard InChI is InChI=1S/C12H13FN2O/c1-15-10-8(3-2-4-9(10)13)12(11(15)16)5-7(12)6-14/h2-4,7H,5-6,14H2,1H3. The molecule has 0 saturated heterocycles. The molecule has 1 amide bonds. The maximum Gasteiger partial charge on any atom is 0.237 e. The van der Waals surface area contributed by atoms with Gasteiger partial charge in [0.05, 0.1) is 11.1 Å². The van der Waals surface area contributed by atoms with E-state index in [2.05, 4.69) is 0 Å². The van der Waals surface area contributed by atoms with Crippen molar-refractivity contribution in [1.82, 2.24) is 0 Å². The van der Waals surface area contributed by atoms with Gasteiger partial charge in [-0.2, -0.15) is 0 Å². The smallest absolute Gasteiger partial charge is 0.237 e. The summed E-state index contributed by atoms with van der Waals surface area (Å²) >= 11 is 0. The number of para-hydroxylation sites is 1. The van der Waals surface area contributed by atoms with Crippen molar-refractivity contribution in [2.24, 2.45) is 11.7 Å². The Morgan fingerprint density at radius 3 is 3.00 bits per heavy atom. The molecule has 1 spiro atoms.